The molecule has 6 nitrogen and oxygen atoms in total. The summed E-state index contributed by atoms with van der Waals surface area (Å²) in [4.78, 5) is 23.7. The van der Waals surface area contributed by atoms with Crippen LogP contribution in [0.25, 0.3) is 0 Å². The summed E-state index contributed by atoms with van der Waals surface area (Å²) in [6, 6.07) is 7.11. The second kappa shape index (κ2) is 22.2. The number of unbranched alkanes of at least 4 members (excludes halogenated alkanes) is 14. The zero-order valence-electron chi connectivity index (χ0n) is 22.3. The van der Waals surface area contributed by atoms with Crippen LogP contribution in [0.3, 0.4) is 0 Å². The van der Waals surface area contributed by atoms with Crippen LogP contribution in [-0.2, 0) is 14.3 Å². The van der Waals surface area contributed by atoms with E-state index >= 15 is 0 Å². The van der Waals surface area contributed by atoms with Gasteiger partial charge < -0.3 is 19.5 Å². The molecule has 35 heavy (non-hydrogen) atoms. The van der Waals surface area contributed by atoms with Crippen LogP contribution >= 0.6 is 0 Å². The molecule has 0 atom stereocenters. The van der Waals surface area contributed by atoms with Crippen molar-refractivity contribution in [2.45, 2.75) is 110 Å². The highest BCUT2D eigenvalue weighted by Crippen LogP contribution is 2.25. The monoisotopic (exact) mass is 491 g/mol. The lowest BCUT2D eigenvalue weighted by Gasteiger charge is -2.10. The van der Waals surface area contributed by atoms with Crippen molar-refractivity contribution in [2.24, 2.45) is 0 Å². The molecule has 0 aliphatic heterocycles. The molecule has 0 aromatic heterocycles. The number of ether oxygens (including phenoxy) is 3. The van der Waals surface area contributed by atoms with E-state index in [0.717, 1.165) is 12.8 Å². The van der Waals surface area contributed by atoms with Crippen LogP contribution < -0.4 is 14.8 Å². The summed E-state index contributed by atoms with van der Waals surface area (Å²) in [5.74, 6) is 0.587. The van der Waals surface area contributed by atoms with Crippen LogP contribution in [0.15, 0.2) is 24.3 Å². The van der Waals surface area contributed by atoms with Crippen molar-refractivity contribution < 1.29 is 23.8 Å². The normalized spacial score (nSPS) is 10.7. The molecule has 0 saturated carbocycles. The molecule has 0 bridgehead atoms. The van der Waals surface area contributed by atoms with Gasteiger partial charge in [0.25, 0.3) is 0 Å². The number of carbonyl (C=O) groups excluding carboxylic acids is 2. The molecule has 0 heterocycles. The maximum Gasteiger partial charge on any atom is 0.344 e. The number of methoxy groups -OCH3 is 1. The zero-order chi connectivity index (χ0) is 25.4. The summed E-state index contributed by atoms with van der Waals surface area (Å²) >= 11 is 0. The smallest absolute Gasteiger partial charge is 0.344 e. The molecular formula is C29H49NO5. The van der Waals surface area contributed by atoms with Crippen LogP contribution in [0.5, 0.6) is 11.5 Å². The number of hydrogen-bond acceptors (Lipinski definition) is 5. The van der Waals surface area contributed by atoms with Gasteiger partial charge in [-0.15, -0.1) is 0 Å². The molecule has 0 aliphatic rings. The molecule has 0 radical (unpaired) electrons. The van der Waals surface area contributed by atoms with E-state index in [-0.39, 0.29) is 19.1 Å². The number of rotatable bonds is 23. The number of para-hydroxylation sites is 2. The van der Waals surface area contributed by atoms with Crippen molar-refractivity contribution in [1.82, 2.24) is 5.32 Å². The third-order valence-corrected chi connectivity index (χ3v) is 6.11. The molecule has 1 rings (SSSR count). The molecule has 1 aromatic rings. The predicted octanol–water partition coefficient (Wildman–Crippen LogP) is 6.99. The van der Waals surface area contributed by atoms with Gasteiger partial charge in [-0.2, -0.15) is 0 Å². The van der Waals surface area contributed by atoms with E-state index in [2.05, 4.69) is 12.2 Å². The van der Waals surface area contributed by atoms with Gasteiger partial charge >= 0.3 is 5.97 Å². The number of carbonyl (C=O) groups is 2. The molecule has 0 unspecified atom stereocenters. The lowest BCUT2D eigenvalue weighted by atomic mass is 10.0. The standard InChI is InChI=1S/C29H49NO5/c1-3-4-5-6-7-8-9-10-11-12-13-14-15-16-17-22-28(31)30-23-24-34-29(32)25-35-27-21-19-18-20-26(27)33-2/h18-21H,3-17,22-25H2,1-2H3,(H,30,31). The Morgan fingerprint density at radius 2 is 1.26 bits per heavy atom. The molecule has 0 saturated heterocycles. The minimum atomic E-state index is -0.479. The highest BCUT2D eigenvalue weighted by molar-refractivity contribution is 5.75. The van der Waals surface area contributed by atoms with Crippen molar-refractivity contribution in [3.05, 3.63) is 24.3 Å². The molecule has 1 aromatic carbocycles. The molecule has 0 fully saturated rings. The first-order valence-corrected chi connectivity index (χ1v) is 13.9. The quantitative estimate of drug-likeness (QED) is 0.132. The van der Waals surface area contributed by atoms with E-state index in [1.54, 1.807) is 25.3 Å². The van der Waals surface area contributed by atoms with Crippen molar-refractivity contribution in [3.63, 3.8) is 0 Å². The SMILES string of the molecule is CCCCCCCCCCCCCCCCCC(=O)NCCOC(=O)COc1ccccc1OC. The first-order chi connectivity index (χ1) is 17.2. The van der Waals surface area contributed by atoms with Crippen molar-refractivity contribution in [1.29, 1.82) is 0 Å². The number of amides is 1. The maximum absolute atomic E-state index is 11.9. The fraction of sp³-hybridized carbons (Fsp3) is 0.724. The highest BCUT2D eigenvalue weighted by atomic mass is 16.6. The Labute approximate surface area is 213 Å². The molecule has 1 N–H and O–H groups in total. The van der Waals surface area contributed by atoms with Gasteiger partial charge in [-0.3, -0.25) is 4.79 Å². The Balaban J connectivity index is 1.85. The first kappa shape index (κ1) is 30.8. The van der Waals surface area contributed by atoms with Crippen LogP contribution in [0.4, 0.5) is 0 Å². The van der Waals surface area contributed by atoms with Gasteiger partial charge in [0.1, 0.15) is 6.61 Å². The number of nitrogens with one attached hydrogen (secondary N) is 1. The second-order valence-corrected chi connectivity index (χ2v) is 9.21. The summed E-state index contributed by atoms with van der Waals surface area (Å²) in [5, 5.41) is 2.80. The second-order valence-electron chi connectivity index (χ2n) is 9.21. The van der Waals surface area contributed by atoms with Gasteiger partial charge in [0, 0.05) is 6.42 Å². The van der Waals surface area contributed by atoms with Gasteiger partial charge in [-0.25, -0.2) is 4.79 Å². The van der Waals surface area contributed by atoms with E-state index in [4.69, 9.17) is 14.2 Å². The summed E-state index contributed by atoms with van der Waals surface area (Å²) in [7, 11) is 1.54. The van der Waals surface area contributed by atoms with E-state index in [0.29, 0.717) is 24.5 Å². The largest absolute Gasteiger partial charge is 0.493 e. The fourth-order valence-electron chi connectivity index (χ4n) is 4.02. The van der Waals surface area contributed by atoms with Gasteiger partial charge in [-0.05, 0) is 18.6 Å². The Morgan fingerprint density at radius 3 is 1.80 bits per heavy atom. The zero-order valence-corrected chi connectivity index (χ0v) is 22.3. The van der Waals surface area contributed by atoms with Crippen LogP contribution in [0.1, 0.15) is 110 Å². The topological polar surface area (TPSA) is 73.9 Å². The lowest BCUT2D eigenvalue weighted by Crippen LogP contribution is -2.28. The Hall–Kier alpha value is -2.24. The number of esters is 1. The minimum absolute atomic E-state index is 0.0148. The van der Waals surface area contributed by atoms with E-state index in [1.165, 1.54) is 83.5 Å². The van der Waals surface area contributed by atoms with E-state index in [1.807, 2.05) is 6.07 Å². The third-order valence-electron chi connectivity index (χ3n) is 6.11. The molecule has 0 spiro atoms. The lowest BCUT2D eigenvalue weighted by molar-refractivity contribution is -0.146. The average molecular weight is 492 g/mol. The maximum atomic E-state index is 11.9. The van der Waals surface area contributed by atoms with Gasteiger partial charge in [0.15, 0.2) is 18.1 Å². The third kappa shape index (κ3) is 17.8. The van der Waals surface area contributed by atoms with Crippen molar-refractivity contribution >= 4 is 11.9 Å². The summed E-state index contributed by atoms with van der Waals surface area (Å²) in [6.07, 6.45) is 20.2. The molecule has 1 amide bonds. The summed E-state index contributed by atoms with van der Waals surface area (Å²) in [6.45, 7) is 2.52. The Morgan fingerprint density at radius 1 is 0.743 bits per heavy atom. The predicted molar refractivity (Wildman–Crippen MR) is 142 cm³/mol. The summed E-state index contributed by atoms with van der Waals surface area (Å²) < 4.78 is 15.7. The first-order valence-electron chi connectivity index (χ1n) is 13.9. The van der Waals surface area contributed by atoms with E-state index < -0.39 is 5.97 Å². The Kier molecular flexibility index (Phi) is 19.6. The van der Waals surface area contributed by atoms with Crippen molar-refractivity contribution in [2.75, 3.05) is 26.9 Å². The minimum Gasteiger partial charge on any atom is -0.493 e. The summed E-state index contributed by atoms with van der Waals surface area (Å²) in [5.41, 5.74) is 0. The number of hydrogen-bond donors (Lipinski definition) is 1. The number of benzene rings is 1. The molecular weight excluding hydrogens is 442 g/mol. The van der Waals surface area contributed by atoms with Crippen LogP contribution in [-0.4, -0.2) is 38.7 Å². The molecule has 0 aliphatic carbocycles. The van der Waals surface area contributed by atoms with Gasteiger partial charge in [0.2, 0.25) is 5.91 Å². The van der Waals surface area contributed by atoms with Crippen molar-refractivity contribution in [3.8, 4) is 11.5 Å². The van der Waals surface area contributed by atoms with Gasteiger partial charge in [-0.1, -0.05) is 109 Å². The van der Waals surface area contributed by atoms with Crippen LogP contribution in [0.2, 0.25) is 0 Å². The fourth-order valence-corrected chi connectivity index (χ4v) is 4.02. The van der Waals surface area contributed by atoms with E-state index in [9.17, 15) is 9.59 Å². The van der Waals surface area contributed by atoms with Crippen LogP contribution in [0, 0.1) is 0 Å². The molecule has 6 heteroatoms. The highest BCUT2D eigenvalue weighted by Gasteiger charge is 2.08. The molecule has 200 valence electrons. The average Bonchev–Trinajstić information content (AvgIpc) is 2.87. The van der Waals surface area contributed by atoms with Gasteiger partial charge in [0.05, 0.1) is 13.7 Å². The Bertz CT molecular complexity index is 664.